The topological polar surface area (TPSA) is 41.0 Å². The predicted octanol–water partition coefficient (Wildman–Crippen LogP) is 3.55. The summed E-state index contributed by atoms with van der Waals surface area (Å²) in [6.45, 7) is 5.75. The van der Waals surface area contributed by atoms with E-state index >= 15 is 0 Å². The minimum absolute atomic E-state index is 0.206. The number of rotatable bonds is 6. The lowest BCUT2D eigenvalue weighted by Gasteiger charge is -2.31. The summed E-state index contributed by atoms with van der Waals surface area (Å²) >= 11 is 1.60. The number of halogens is 1. The van der Waals surface area contributed by atoms with Gasteiger partial charge in [-0.05, 0) is 43.5 Å². The van der Waals surface area contributed by atoms with Crippen LogP contribution < -0.4 is 5.32 Å². The average molecular weight is 334 g/mol. The molecular weight excluding hydrogens is 311 g/mol. The first-order valence-corrected chi connectivity index (χ1v) is 9.10. The average Bonchev–Trinajstić information content (AvgIpc) is 2.99. The van der Waals surface area contributed by atoms with Crippen molar-refractivity contribution in [1.82, 2.24) is 15.1 Å². The Morgan fingerprint density at radius 1 is 1.22 bits per heavy atom. The van der Waals surface area contributed by atoms with E-state index in [1.807, 2.05) is 0 Å². The number of hydrogen-bond acceptors (Lipinski definition) is 5. The largest absolute Gasteiger partial charge is 0.357 e. The van der Waals surface area contributed by atoms with Gasteiger partial charge >= 0.3 is 0 Å². The molecule has 1 aliphatic rings. The van der Waals surface area contributed by atoms with Crippen LogP contribution in [0.15, 0.2) is 24.3 Å². The van der Waals surface area contributed by atoms with Gasteiger partial charge in [0, 0.05) is 25.6 Å². The maximum Gasteiger partial charge on any atom is 0.205 e. The lowest BCUT2D eigenvalue weighted by atomic mass is 10.1. The molecule has 0 spiro atoms. The third-order valence-electron chi connectivity index (χ3n) is 4.19. The molecule has 6 heteroatoms. The first kappa shape index (κ1) is 16.3. The van der Waals surface area contributed by atoms with Crippen LogP contribution in [0.3, 0.4) is 0 Å². The number of nitrogens with zero attached hydrogens (tertiary/aromatic N) is 3. The molecule has 1 fully saturated rings. The molecule has 1 aliphatic heterocycles. The summed E-state index contributed by atoms with van der Waals surface area (Å²) in [6.07, 6.45) is 4.25. The summed E-state index contributed by atoms with van der Waals surface area (Å²) in [4.78, 5) is 2.53. The zero-order chi connectivity index (χ0) is 16.1. The van der Waals surface area contributed by atoms with Gasteiger partial charge in [-0.15, -0.1) is 10.2 Å². The van der Waals surface area contributed by atoms with Crippen molar-refractivity contribution >= 4 is 16.5 Å². The molecule has 1 aromatic carbocycles. The summed E-state index contributed by atoms with van der Waals surface area (Å²) in [7, 11) is 0. The van der Waals surface area contributed by atoms with Crippen LogP contribution in [0, 0.1) is 5.82 Å². The van der Waals surface area contributed by atoms with Crippen molar-refractivity contribution in [3.8, 4) is 0 Å². The number of likely N-dealkylation sites (tertiary alicyclic amines) is 1. The Hall–Kier alpha value is -1.53. The van der Waals surface area contributed by atoms with Crippen LogP contribution in [0.2, 0.25) is 0 Å². The SMILES string of the molecule is CCCN1CCC(Nc2nnc(Cc3ccc(F)cc3)s2)CC1. The Labute approximate surface area is 140 Å². The molecule has 0 radical (unpaired) electrons. The maximum atomic E-state index is 12.9. The van der Waals surface area contributed by atoms with Gasteiger partial charge in [-0.25, -0.2) is 4.39 Å². The zero-order valence-electron chi connectivity index (χ0n) is 13.5. The van der Waals surface area contributed by atoms with Crippen molar-refractivity contribution in [3.63, 3.8) is 0 Å². The molecule has 1 saturated heterocycles. The Kier molecular flexibility index (Phi) is 5.56. The highest BCUT2D eigenvalue weighted by atomic mass is 32.1. The van der Waals surface area contributed by atoms with Crippen molar-refractivity contribution in [2.24, 2.45) is 0 Å². The molecule has 23 heavy (non-hydrogen) atoms. The number of anilines is 1. The highest BCUT2D eigenvalue weighted by molar-refractivity contribution is 7.15. The van der Waals surface area contributed by atoms with E-state index in [0.29, 0.717) is 12.5 Å². The van der Waals surface area contributed by atoms with E-state index in [-0.39, 0.29) is 5.82 Å². The van der Waals surface area contributed by atoms with Crippen molar-refractivity contribution in [2.75, 3.05) is 25.0 Å². The van der Waals surface area contributed by atoms with Crippen LogP contribution in [0.1, 0.15) is 36.8 Å². The van der Waals surface area contributed by atoms with Crippen molar-refractivity contribution in [1.29, 1.82) is 0 Å². The molecule has 0 aliphatic carbocycles. The molecule has 0 atom stereocenters. The standard InChI is InChI=1S/C17H23FN4S/c1-2-9-22-10-7-15(8-11-22)19-17-21-20-16(23-17)12-13-3-5-14(18)6-4-13/h3-6,15H,2,7-12H2,1H3,(H,19,21). The summed E-state index contributed by atoms with van der Waals surface area (Å²) in [6, 6.07) is 7.06. The molecule has 0 unspecified atom stereocenters. The highest BCUT2D eigenvalue weighted by Crippen LogP contribution is 2.22. The van der Waals surface area contributed by atoms with E-state index < -0.39 is 0 Å². The van der Waals surface area contributed by atoms with E-state index in [1.165, 1.54) is 25.1 Å². The molecular formula is C17H23FN4S. The van der Waals surface area contributed by atoms with Gasteiger partial charge in [0.25, 0.3) is 0 Å². The van der Waals surface area contributed by atoms with E-state index in [4.69, 9.17) is 0 Å². The lowest BCUT2D eigenvalue weighted by molar-refractivity contribution is 0.219. The van der Waals surface area contributed by atoms with Crippen LogP contribution >= 0.6 is 11.3 Å². The molecule has 1 N–H and O–H groups in total. The Bertz CT molecular complexity index is 605. The van der Waals surface area contributed by atoms with Gasteiger partial charge in [0.15, 0.2) is 0 Å². The quantitative estimate of drug-likeness (QED) is 0.877. The molecule has 0 saturated carbocycles. The molecule has 2 aromatic rings. The first-order chi connectivity index (χ1) is 11.2. The van der Waals surface area contributed by atoms with E-state index in [1.54, 1.807) is 23.5 Å². The van der Waals surface area contributed by atoms with Gasteiger partial charge in [0.05, 0.1) is 0 Å². The summed E-state index contributed by atoms with van der Waals surface area (Å²) in [5.41, 5.74) is 1.06. The number of hydrogen-bond donors (Lipinski definition) is 1. The highest BCUT2D eigenvalue weighted by Gasteiger charge is 2.19. The van der Waals surface area contributed by atoms with Crippen LogP contribution in [0.4, 0.5) is 9.52 Å². The lowest BCUT2D eigenvalue weighted by Crippen LogP contribution is -2.39. The molecule has 0 amide bonds. The third kappa shape index (κ3) is 4.72. The van der Waals surface area contributed by atoms with E-state index in [9.17, 15) is 4.39 Å². The molecule has 3 rings (SSSR count). The number of piperidine rings is 1. The maximum absolute atomic E-state index is 12.9. The summed E-state index contributed by atoms with van der Waals surface area (Å²) in [5.74, 6) is -0.206. The van der Waals surface area contributed by atoms with Crippen molar-refractivity contribution in [2.45, 2.75) is 38.6 Å². The van der Waals surface area contributed by atoms with E-state index in [0.717, 1.165) is 41.6 Å². The molecule has 2 heterocycles. The van der Waals surface area contributed by atoms with Gasteiger partial charge in [-0.3, -0.25) is 0 Å². The second kappa shape index (κ2) is 7.84. The second-order valence-electron chi connectivity index (χ2n) is 6.06. The normalized spacial score (nSPS) is 16.6. The molecule has 124 valence electrons. The van der Waals surface area contributed by atoms with E-state index in [2.05, 4.69) is 27.3 Å². The molecule has 4 nitrogen and oxygen atoms in total. The van der Waals surface area contributed by atoms with Gasteiger partial charge in [-0.2, -0.15) is 0 Å². The monoisotopic (exact) mass is 334 g/mol. The molecule has 1 aromatic heterocycles. The van der Waals surface area contributed by atoms with Gasteiger partial charge in [0.1, 0.15) is 10.8 Å². The number of aromatic nitrogens is 2. The minimum Gasteiger partial charge on any atom is -0.357 e. The predicted molar refractivity (Wildman–Crippen MR) is 92.5 cm³/mol. The van der Waals surface area contributed by atoms with Crippen LogP contribution in [0.5, 0.6) is 0 Å². The zero-order valence-corrected chi connectivity index (χ0v) is 14.3. The van der Waals surface area contributed by atoms with Crippen molar-refractivity contribution in [3.05, 3.63) is 40.7 Å². The molecule has 0 bridgehead atoms. The first-order valence-electron chi connectivity index (χ1n) is 8.28. The fraction of sp³-hybridized carbons (Fsp3) is 0.529. The minimum atomic E-state index is -0.206. The van der Waals surface area contributed by atoms with Gasteiger partial charge in [-0.1, -0.05) is 30.4 Å². The van der Waals surface area contributed by atoms with Crippen LogP contribution in [-0.2, 0) is 6.42 Å². The Balaban J connectivity index is 1.50. The summed E-state index contributed by atoms with van der Waals surface area (Å²) in [5, 5.41) is 13.9. The summed E-state index contributed by atoms with van der Waals surface area (Å²) < 4.78 is 12.9. The fourth-order valence-corrected chi connectivity index (χ4v) is 3.80. The Morgan fingerprint density at radius 2 is 1.96 bits per heavy atom. The Morgan fingerprint density at radius 3 is 2.65 bits per heavy atom. The van der Waals surface area contributed by atoms with Crippen LogP contribution in [-0.4, -0.2) is 40.8 Å². The number of nitrogens with one attached hydrogen (secondary N) is 1. The van der Waals surface area contributed by atoms with Gasteiger partial charge in [0.2, 0.25) is 5.13 Å². The smallest absolute Gasteiger partial charge is 0.205 e. The van der Waals surface area contributed by atoms with Crippen LogP contribution in [0.25, 0.3) is 0 Å². The third-order valence-corrected chi connectivity index (χ3v) is 5.04. The number of benzene rings is 1. The second-order valence-corrected chi connectivity index (χ2v) is 7.13. The van der Waals surface area contributed by atoms with Gasteiger partial charge < -0.3 is 10.2 Å². The fourth-order valence-electron chi connectivity index (χ4n) is 2.95. The van der Waals surface area contributed by atoms with Crippen molar-refractivity contribution < 1.29 is 4.39 Å².